The number of benzene rings is 1. The molecule has 0 aromatic heterocycles. The third-order valence-corrected chi connectivity index (χ3v) is 5.79. The molecule has 2 amide bonds. The Morgan fingerprint density at radius 2 is 1.71 bits per heavy atom. The van der Waals surface area contributed by atoms with E-state index in [0.717, 1.165) is 43.4 Å². The third-order valence-electron chi connectivity index (χ3n) is 5.79. The molecule has 3 rings (SSSR count). The molecule has 28 heavy (non-hydrogen) atoms. The molecule has 1 aliphatic carbocycles. The van der Waals surface area contributed by atoms with Crippen molar-refractivity contribution in [1.29, 1.82) is 0 Å². The summed E-state index contributed by atoms with van der Waals surface area (Å²) in [6, 6.07) is 7.99. The minimum atomic E-state index is 0. The molecule has 0 bridgehead atoms. The van der Waals surface area contributed by atoms with Gasteiger partial charge in [-0.15, -0.1) is 12.4 Å². The Hall–Kier alpha value is -1.79. The molecule has 0 radical (unpaired) electrons. The molecule has 2 atom stereocenters. The number of piperazine rings is 1. The number of aryl methyl sites for hydroxylation is 1. The highest BCUT2D eigenvalue weighted by Crippen LogP contribution is 2.25. The van der Waals surface area contributed by atoms with Crippen molar-refractivity contribution < 1.29 is 14.3 Å². The Morgan fingerprint density at radius 1 is 1.07 bits per heavy atom. The number of hydrogen-bond donors (Lipinski definition) is 1. The highest BCUT2D eigenvalue weighted by Gasteiger charge is 2.31. The van der Waals surface area contributed by atoms with Crippen molar-refractivity contribution in [2.24, 2.45) is 11.7 Å². The van der Waals surface area contributed by atoms with Crippen molar-refractivity contribution in [3.05, 3.63) is 29.8 Å². The Kier molecular flexibility index (Phi) is 8.58. The number of halogens is 1. The van der Waals surface area contributed by atoms with E-state index < -0.39 is 0 Å². The monoisotopic (exact) mass is 409 g/mol. The van der Waals surface area contributed by atoms with Crippen LogP contribution in [0.1, 0.15) is 37.7 Å². The lowest BCUT2D eigenvalue weighted by Crippen LogP contribution is -2.52. The van der Waals surface area contributed by atoms with Crippen LogP contribution in [-0.2, 0) is 16.0 Å². The predicted molar refractivity (Wildman–Crippen MR) is 112 cm³/mol. The molecule has 7 heteroatoms. The highest BCUT2D eigenvalue weighted by molar-refractivity contribution is 5.85. The lowest BCUT2D eigenvalue weighted by molar-refractivity contribution is -0.143. The van der Waals surface area contributed by atoms with Gasteiger partial charge in [-0.3, -0.25) is 9.59 Å². The van der Waals surface area contributed by atoms with Crippen LogP contribution < -0.4 is 10.5 Å². The number of carbonyl (C=O) groups is 2. The normalized spacial score (nSPS) is 22.4. The van der Waals surface area contributed by atoms with E-state index in [1.807, 2.05) is 34.1 Å². The van der Waals surface area contributed by atoms with Crippen LogP contribution in [0.25, 0.3) is 0 Å². The Bertz CT molecular complexity index is 645. The summed E-state index contributed by atoms with van der Waals surface area (Å²) >= 11 is 0. The molecule has 1 aromatic rings. The van der Waals surface area contributed by atoms with Crippen LogP contribution in [0.2, 0.25) is 0 Å². The van der Waals surface area contributed by atoms with Crippen LogP contribution in [0.4, 0.5) is 0 Å². The highest BCUT2D eigenvalue weighted by atomic mass is 35.5. The van der Waals surface area contributed by atoms with Gasteiger partial charge in [0.25, 0.3) is 0 Å². The molecule has 2 aliphatic rings. The summed E-state index contributed by atoms with van der Waals surface area (Å²) in [5.74, 6) is 1.30. The van der Waals surface area contributed by atoms with Gasteiger partial charge in [0.2, 0.25) is 11.8 Å². The SMILES string of the molecule is COc1ccc(CCC(=O)N2CCN(C(=O)C3CCCC(N)C3)CC2)cc1.Cl. The molecular formula is C21H32ClN3O3. The van der Waals surface area contributed by atoms with Crippen LogP contribution in [0.3, 0.4) is 0 Å². The number of carbonyl (C=O) groups excluding carboxylic acids is 2. The van der Waals surface area contributed by atoms with Crippen LogP contribution in [0.5, 0.6) is 5.75 Å². The molecule has 1 aliphatic heterocycles. The zero-order valence-corrected chi connectivity index (χ0v) is 17.5. The first-order chi connectivity index (χ1) is 13.1. The van der Waals surface area contributed by atoms with Gasteiger partial charge in [-0.05, 0) is 43.4 Å². The molecule has 1 saturated heterocycles. The maximum atomic E-state index is 12.7. The maximum Gasteiger partial charge on any atom is 0.225 e. The van der Waals surface area contributed by atoms with Crippen LogP contribution >= 0.6 is 12.4 Å². The topological polar surface area (TPSA) is 75.9 Å². The summed E-state index contributed by atoms with van der Waals surface area (Å²) in [6.07, 6.45) is 5.05. The van der Waals surface area contributed by atoms with E-state index in [2.05, 4.69) is 0 Å². The smallest absolute Gasteiger partial charge is 0.225 e. The second-order valence-electron chi connectivity index (χ2n) is 7.68. The zero-order chi connectivity index (χ0) is 19.2. The zero-order valence-electron chi connectivity index (χ0n) is 16.6. The average Bonchev–Trinajstić information content (AvgIpc) is 2.72. The molecule has 1 heterocycles. The van der Waals surface area contributed by atoms with Crippen molar-refractivity contribution in [3.63, 3.8) is 0 Å². The van der Waals surface area contributed by atoms with Crippen molar-refractivity contribution in [3.8, 4) is 5.75 Å². The number of nitrogens with zero attached hydrogens (tertiary/aromatic N) is 2. The second kappa shape index (κ2) is 10.7. The molecular weight excluding hydrogens is 378 g/mol. The van der Waals surface area contributed by atoms with Gasteiger partial charge in [-0.2, -0.15) is 0 Å². The van der Waals surface area contributed by atoms with E-state index in [4.69, 9.17) is 10.5 Å². The molecule has 0 spiro atoms. The summed E-state index contributed by atoms with van der Waals surface area (Å²) in [4.78, 5) is 29.0. The third kappa shape index (κ3) is 5.85. The lowest BCUT2D eigenvalue weighted by Gasteiger charge is -2.37. The number of nitrogens with two attached hydrogens (primary N) is 1. The van der Waals surface area contributed by atoms with Gasteiger partial charge < -0.3 is 20.3 Å². The standard InChI is InChI=1S/C21H31N3O3.ClH/c1-27-19-8-5-16(6-9-19)7-10-20(25)23-11-13-24(14-12-23)21(26)17-3-2-4-18(22)15-17;/h5-6,8-9,17-18H,2-4,7,10-15,22H2,1H3;1H. The summed E-state index contributed by atoms with van der Waals surface area (Å²) in [5.41, 5.74) is 7.15. The molecule has 156 valence electrons. The molecule has 2 N–H and O–H groups in total. The summed E-state index contributed by atoms with van der Waals surface area (Å²) < 4.78 is 5.15. The van der Waals surface area contributed by atoms with Gasteiger partial charge in [-0.1, -0.05) is 18.6 Å². The van der Waals surface area contributed by atoms with Crippen LogP contribution in [0, 0.1) is 5.92 Å². The summed E-state index contributed by atoms with van der Waals surface area (Å²) in [6.45, 7) is 2.54. The first-order valence-corrected chi connectivity index (χ1v) is 10.0. The van der Waals surface area contributed by atoms with E-state index in [-0.39, 0.29) is 36.2 Å². The van der Waals surface area contributed by atoms with E-state index in [0.29, 0.717) is 32.6 Å². The number of methoxy groups -OCH3 is 1. The predicted octanol–water partition coefficient (Wildman–Crippen LogP) is 2.24. The minimum absolute atomic E-state index is 0. The largest absolute Gasteiger partial charge is 0.497 e. The van der Waals surface area contributed by atoms with Crippen molar-refractivity contribution >= 4 is 24.2 Å². The van der Waals surface area contributed by atoms with Gasteiger partial charge in [0.15, 0.2) is 0 Å². The molecule has 6 nitrogen and oxygen atoms in total. The van der Waals surface area contributed by atoms with Gasteiger partial charge in [-0.25, -0.2) is 0 Å². The maximum absolute atomic E-state index is 12.7. The quantitative estimate of drug-likeness (QED) is 0.809. The van der Waals surface area contributed by atoms with Crippen LogP contribution in [-0.4, -0.2) is 60.9 Å². The number of rotatable bonds is 5. The van der Waals surface area contributed by atoms with Crippen LogP contribution in [0.15, 0.2) is 24.3 Å². The van der Waals surface area contributed by atoms with Gasteiger partial charge in [0, 0.05) is 44.6 Å². The summed E-state index contributed by atoms with van der Waals surface area (Å²) in [7, 11) is 1.64. The van der Waals surface area contributed by atoms with Crippen molar-refractivity contribution in [2.45, 2.75) is 44.6 Å². The number of hydrogen-bond acceptors (Lipinski definition) is 4. The number of ether oxygens (including phenoxy) is 1. The molecule has 1 aromatic carbocycles. The fourth-order valence-corrected chi connectivity index (χ4v) is 4.09. The number of amides is 2. The van der Waals surface area contributed by atoms with E-state index >= 15 is 0 Å². The van der Waals surface area contributed by atoms with Gasteiger partial charge in [0.1, 0.15) is 5.75 Å². The Labute approximate surface area is 173 Å². The minimum Gasteiger partial charge on any atom is -0.497 e. The van der Waals surface area contributed by atoms with E-state index in [9.17, 15) is 9.59 Å². The Balaban J connectivity index is 0.00000280. The fraction of sp³-hybridized carbons (Fsp3) is 0.619. The summed E-state index contributed by atoms with van der Waals surface area (Å²) in [5, 5.41) is 0. The molecule has 2 fully saturated rings. The van der Waals surface area contributed by atoms with Crippen molar-refractivity contribution in [2.75, 3.05) is 33.3 Å². The molecule has 2 unspecified atom stereocenters. The van der Waals surface area contributed by atoms with E-state index in [1.54, 1.807) is 7.11 Å². The second-order valence-corrected chi connectivity index (χ2v) is 7.68. The van der Waals surface area contributed by atoms with Gasteiger partial charge in [0.05, 0.1) is 7.11 Å². The lowest BCUT2D eigenvalue weighted by atomic mass is 9.85. The Morgan fingerprint density at radius 3 is 2.32 bits per heavy atom. The molecule has 1 saturated carbocycles. The van der Waals surface area contributed by atoms with E-state index in [1.165, 1.54) is 0 Å². The average molecular weight is 410 g/mol. The first kappa shape index (κ1) is 22.5. The van der Waals surface area contributed by atoms with Crippen molar-refractivity contribution in [1.82, 2.24) is 9.80 Å². The van der Waals surface area contributed by atoms with Gasteiger partial charge >= 0.3 is 0 Å². The first-order valence-electron chi connectivity index (χ1n) is 10.0. The fourth-order valence-electron chi connectivity index (χ4n) is 4.09.